The van der Waals surface area contributed by atoms with Gasteiger partial charge in [0.1, 0.15) is 25.1 Å². The van der Waals surface area contributed by atoms with Crippen LogP contribution < -0.4 is 19.5 Å². The molecular weight excluding hydrogens is 406 g/mol. The molecule has 3 aromatic carbocycles. The van der Waals surface area contributed by atoms with Crippen molar-refractivity contribution in [2.45, 2.75) is 6.10 Å². The summed E-state index contributed by atoms with van der Waals surface area (Å²) in [5.41, 5.74) is 2.02. The smallest absolute Gasteiger partial charge is 0.255 e. The first-order valence-electron chi connectivity index (χ1n) is 9.37. The van der Waals surface area contributed by atoms with E-state index >= 15 is 0 Å². The minimum Gasteiger partial charge on any atom is -0.497 e. The fourth-order valence-electron chi connectivity index (χ4n) is 3.20. The number of methoxy groups -OCH3 is 1. The highest BCUT2D eigenvalue weighted by Gasteiger charge is 2.23. The molecule has 0 spiro atoms. The Kier molecular flexibility index (Phi) is 5.79. The number of hydrogen-bond donors (Lipinski definition) is 2. The maximum absolute atomic E-state index is 12.8. The number of aliphatic hydroxyl groups is 1. The third kappa shape index (κ3) is 4.20. The topological polar surface area (TPSA) is 77.0 Å². The quantitative estimate of drug-likeness (QED) is 0.631. The molecule has 30 heavy (non-hydrogen) atoms. The van der Waals surface area contributed by atoms with E-state index in [2.05, 4.69) is 5.32 Å². The van der Waals surface area contributed by atoms with Crippen LogP contribution in [0.3, 0.4) is 0 Å². The lowest BCUT2D eigenvalue weighted by Crippen LogP contribution is -2.18. The molecule has 1 heterocycles. The third-order valence-corrected chi connectivity index (χ3v) is 5.05. The van der Waals surface area contributed by atoms with Crippen LogP contribution in [0, 0.1) is 0 Å². The van der Waals surface area contributed by atoms with Gasteiger partial charge in [-0.05, 0) is 48.0 Å². The van der Waals surface area contributed by atoms with Gasteiger partial charge in [-0.25, -0.2) is 0 Å². The Hall–Kier alpha value is -3.22. The first-order valence-corrected chi connectivity index (χ1v) is 9.75. The number of hydrogen-bond acceptors (Lipinski definition) is 5. The summed E-state index contributed by atoms with van der Waals surface area (Å²) in [6, 6.07) is 17.0. The Balaban J connectivity index is 1.70. The number of nitrogens with one attached hydrogen (secondary N) is 1. The van der Waals surface area contributed by atoms with E-state index in [9.17, 15) is 9.90 Å². The molecule has 6 nitrogen and oxygen atoms in total. The molecule has 0 unspecified atom stereocenters. The fourth-order valence-corrected chi connectivity index (χ4v) is 3.33. The molecule has 154 valence electrons. The number of carbonyl (C=O) groups is 1. The predicted octanol–water partition coefficient (Wildman–Crippen LogP) is 4.45. The van der Waals surface area contributed by atoms with E-state index in [4.69, 9.17) is 25.8 Å². The summed E-state index contributed by atoms with van der Waals surface area (Å²) in [6.45, 7) is 0.833. The number of amides is 1. The molecule has 7 heteroatoms. The molecule has 0 saturated carbocycles. The van der Waals surface area contributed by atoms with Crippen LogP contribution in [0.15, 0.2) is 60.7 Å². The largest absolute Gasteiger partial charge is 0.497 e. The van der Waals surface area contributed by atoms with Crippen LogP contribution in [0.5, 0.6) is 17.2 Å². The van der Waals surface area contributed by atoms with Gasteiger partial charge >= 0.3 is 0 Å². The second-order valence-electron chi connectivity index (χ2n) is 6.72. The van der Waals surface area contributed by atoms with Crippen molar-refractivity contribution in [3.05, 3.63) is 82.4 Å². The minimum absolute atomic E-state index is 0.327. The van der Waals surface area contributed by atoms with Gasteiger partial charge in [-0.3, -0.25) is 4.79 Å². The van der Waals surface area contributed by atoms with Crippen LogP contribution in [-0.2, 0) is 0 Å². The Morgan fingerprint density at radius 3 is 2.30 bits per heavy atom. The zero-order valence-corrected chi connectivity index (χ0v) is 17.0. The zero-order chi connectivity index (χ0) is 21.1. The Morgan fingerprint density at radius 1 is 1.03 bits per heavy atom. The number of fused-ring (bicyclic) bond motifs is 1. The molecule has 1 amide bonds. The van der Waals surface area contributed by atoms with Crippen LogP contribution >= 0.6 is 11.6 Å². The number of aliphatic hydroxyl groups excluding tert-OH is 1. The van der Waals surface area contributed by atoms with Gasteiger partial charge in [-0.1, -0.05) is 23.7 Å². The molecule has 1 aliphatic heterocycles. The summed E-state index contributed by atoms with van der Waals surface area (Å²) in [5.74, 6) is 1.39. The van der Waals surface area contributed by atoms with Crippen molar-refractivity contribution in [1.82, 2.24) is 0 Å². The molecule has 0 aliphatic carbocycles. The SMILES string of the molecule is COc1ccc([C@@H](O)c2cc3c(cc2NC(=O)c2ccc(Cl)cc2)OCCO3)cc1. The summed E-state index contributed by atoms with van der Waals surface area (Å²) in [5, 5.41) is 14.5. The van der Waals surface area contributed by atoms with E-state index in [-0.39, 0.29) is 5.91 Å². The second kappa shape index (κ2) is 8.65. The summed E-state index contributed by atoms with van der Waals surface area (Å²) < 4.78 is 16.5. The molecular formula is C23H20ClNO5. The van der Waals surface area contributed by atoms with E-state index in [1.165, 1.54) is 0 Å². The fraction of sp³-hybridized carbons (Fsp3) is 0.174. The number of ether oxygens (including phenoxy) is 3. The summed E-state index contributed by atoms with van der Waals surface area (Å²) in [6.07, 6.45) is -0.993. The molecule has 0 radical (unpaired) electrons. The van der Waals surface area contributed by atoms with Crippen molar-refractivity contribution in [1.29, 1.82) is 0 Å². The van der Waals surface area contributed by atoms with E-state index in [0.29, 0.717) is 57.9 Å². The van der Waals surface area contributed by atoms with Gasteiger partial charge in [0, 0.05) is 22.2 Å². The zero-order valence-electron chi connectivity index (χ0n) is 16.2. The summed E-state index contributed by atoms with van der Waals surface area (Å²) in [7, 11) is 1.58. The second-order valence-corrected chi connectivity index (χ2v) is 7.16. The first-order chi connectivity index (χ1) is 14.5. The first kappa shape index (κ1) is 20.1. The van der Waals surface area contributed by atoms with Crippen LogP contribution in [0.1, 0.15) is 27.6 Å². The monoisotopic (exact) mass is 425 g/mol. The average molecular weight is 426 g/mol. The molecule has 1 aliphatic rings. The maximum Gasteiger partial charge on any atom is 0.255 e. The van der Waals surface area contributed by atoms with Crippen LogP contribution in [0.2, 0.25) is 5.02 Å². The standard InChI is InChI=1S/C23H20ClNO5/c1-28-17-8-4-14(5-9-17)22(26)18-12-20-21(30-11-10-29-20)13-19(18)25-23(27)15-2-6-16(24)7-3-15/h2-9,12-13,22,26H,10-11H2,1H3,(H,25,27)/t22-/m1/s1. The number of halogens is 1. The van der Waals surface area contributed by atoms with E-state index in [1.807, 2.05) is 0 Å². The van der Waals surface area contributed by atoms with Gasteiger partial charge in [-0.15, -0.1) is 0 Å². The van der Waals surface area contributed by atoms with Crippen molar-refractivity contribution in [3.63, 3.8) is 0 Å². The van der Waals surface area contributed by atoms with Gasteiger partial charge in [-0.2, -0.15) is 0 Å². The molecule has 0 bridgehead atoms. The van der Waals surface area contributed by atoms with Gasteiger partial charge in [0.15, 0.2) is 11.5 Å². The average Bonchev–Trinajstić information content (AvgIpc) is 2.78. The van der Waals surface area contributed by atoms with Crippen molar-refractivity contribution in [2.75, 3.05) is 25.6 Å². The van der Waals surface area contributed by atoms with E-state index in [1.54, 1.807) is 67.8 Å². The number of carbonyl (C=O) groups excluding carboxylic acids is 1. The van der Waals surface area contributed by atoms with Crippen LogP contribution in [0.4, 0.5) is 5.69 Å². The van der Waals surface area contributed by atoms with Crippen LogP contribution in [-0.4, -0.2) is 31.3 Å². The Morgan fingerprint density at radius 2 is 1.67 bits per heavy atom. The molecule has 0 aromatic heterocycles. The highest BCUT2D eigenvalue weighted by molar-refractivity contribution is 6.30. The highest BCUT2D eigenvalue weighted by Crippen LogP contribution is 2.40. The number of rotatable bonds is 5. The number of benzene rings is 3. The maximum atomic E-state index is 12.8. The normalized spacial score (nSPS) is 13.4. The van der Waals surface area contributed by atoms with E-state index < -0.39 is 6.10 Å². The Bertz CT molecular complexity index is 1050. The van der Waals surface area contributed by atoms with Gasteiger partial charge in [0.05, 0.1) is 12.8 Å². The van der Waals surface area contributed by atoms with Crippen molar-refractivity contribution in [2.24, 2.45) is 0 Å². The Labute approximate surface area is 179 Å². The van der Waals surface area contributed by atoms with Gasteiger partial charge < -0.3 is 24.6 Å². The van der Waals surface area contributed by atoms with Crippen LogP contribution in [0.25, 0.3) is 0 Å². The summed E-state index contributed by atoms with van der Waals surface area (Å²) in [4.78, 5) is 12.8. The molecule has 0 saturated heterocycles. The molecule has 3 aromatic rings. The lowest BCUT2D eigenvalue weighted by molar-refractivity contribution is 0.102. The van der Waals surface area contributed by atoms with Crippen molar-refractivity contribution >= 4 is 23.2 Å². The molecule has 1 atom stereocenters. The predicted molar refractivity (Wildman–Crippen MR) is 114 cm³/mol. The van der Waals surface area contributed by atoms with Crippen molar-refractivity contribution in [3.8, 4) is 17.2 Å². The highest BCUT2D eigenvalue weighted by atomic mass is 35.5. The van der Waals surface area contributed by atoms with Crippen molar-refractivity contribution < 1.29 is 24.1 Å². The molecule has 4 rings (SSSR count). The lowest BCUT2D eigenvalue weighted by Gasteiger charge is -2.23. The summed E-state index contributed by atoms with van der Waals surface area (Å²) >= 11 is 5.91. The van der Waals surface area contributed by atoms with Gasteiger partial charge in [0.25, 0.3) is 5.91 Å². The lowest BCUT2D eigenvalue weighted by atomic mass is 9.98. The minimum atomic E-state index is -0.993. The third-order valence-electron chi connectivity index (χ3n) is 4.80. The molecule has 0 fully saturated rings. The molecule has 2 N–H and O–H groups in total. The number of anilines is 1. The van der Waals surface area contributed by atoms with Gasteiger partial charge in [0.2, 0.25) is 0 Å². The van der Waals surface area contributed by atoms with E-state index in [0.717, 1.165) is 0 Å².